The Morgan fingerprint density at radius 2 is 1.65 bits per heavy atom. The van der Waals surface area contributed by atoms with Crippen molar-refractivity contribution in [1.82, 2.24) is 5.53 Å². The molecule has 31 heavy (non-hydrogen) atoms. The van der Waals surface area contributed by atoms with Gasteiger partial charge in [0.05, 0.1) is 5.69 Å². The molecular weight excluding hydrogens is 400 g/mol. The Morgan fingerprint density at radius 1 is 1.03 bits per heavy atom. The number of hydrazine groups is 2. The largest absolute Gasteiger partial charge is 0.283 e. The summed E-state index contributed by atoms with van der Waals surface area (Å²) in [6.45, 7) is 9.07. The topological polar surface area (TPSA) is 65.1 Å². The number of thioether (sulfide) groups is 1. The SMILES string of the molecule is CC(C)(C)SCC1CCCCC1.CCc1ccc(C(=N)N(NN)c2ccccc2)cc1. The van der Waals surface area contributed by atoms with Crippen LogP contribution in [0.25, 0.3) is 0 Å². The summed E-state index contributed by atoms with van der Waals surface area (Å²) in [5.74, 6) is 8.27. The van der Waals surface area contributed by atoms with Gasteiger partial charge >= 0.3 is 0 Å². The zero-order chi connectivity index (χ0) is 22.7. The molecule has 5 heteroatoms. The molecule has 0 bridgehead atoms. The number of benzene rings is 2. The van der Waals surface area contributed by atoms with Crippen LogP contribution >= 0.6 is 11.8 Å². The molecule has 170 valence electrons. The highest BCUT2D eigenvalue weighted by atomic mass is 32.2. The molecule has 0 aliphatic heterocycles. The minimum absolute atomic E-state index is 0.316. The number of anilines is 1. The van der Waals surface area contributed by atoms with Crippen LogP contribution < -0.4 is 16.4 Å². The molecule has 1 saturated carbocycles. The molecule has 0 amide bonds. The lowest BCUT2D eigenvalue weighted by atomic mass is 9.91. The molecule has 1 aliphatic rings. The predicted octanol–water partition coefficient (Wildman–Crippen LogP) is 6.56. The van der Waals surface area contributed by atoms with Gasteiger partial charge in [-0.1, -0.05) is 89.4 Å². The van der Waals surface area contributed by atoms with Gasteiger partial charge in [0.1, 0.15) is 5.84 Å². The molecule has 0 heterocycles. The highest BCUT2D eigenvalue weighted by molar-refractivity contribution is 8.00. The fraction of sp³-hybridized carbons (Fsp3) is 0.500. The van der Waals surface area contributed by atoms with Gasteiger partial charge in [-0.3, -0.25) is 11.3 Å². The molecule has 2 aromatic rings. The molecule has 0 spiro atoms. The van der Waals surface area contributed by atoms with Gasteiger partial charge in [-0.05, 0) is 48.6 Å². The maximum Gasteiger partial charge on any atom is 0.148 e. The van der Waals surface area contributed by atoms with Crippen molar-refractivity contribution in [2.75, 3.05) is 10.8 Å². The summed E-state index contributed by atoms with van der Waals surface area (Å²) in [5, 5.41) is 9.78. The van der Waals surface area contributed by atoms with Crippen molar-refractivity contribution < 1.29 is 0 Å². The first-order chi connectivity index (χ1) is 14.8. The van der Waals surface area contributed by atoms with E-state index in [1.54, 1.807) is 5.01 Å². The highest BCUT2D eigenvalue weighted by Gasteiger charge is 2.17. The van der Waals surface area contributed by atoms with E-state index in [1.165, 1.54) is 43.4 Å². The first-order valence-corrected chi connectivity index (χ1v) is 12.5. The van der Waals surface area contributed by atoms with Crippen LogP contribution in [0, 0.1) is 11.3 Å². The zero-order valence-electron chi connectivity index (χ0n) is 19.7. The summed E-state index contributed by atoms with van der Waals surface area (Å²) in [7, 11) is 0. The number of aryl methyl sites for hydroxylation is 1. The van der Waals surface area contributed by atoms with Crippen LogP contribution in [0.5, 0.6) is 0 Å². The molecule has 3 rings (SSSR count). The van der Waals surface area contributed by atoms with E-state index in [4.69, 9.17) is 11.3 Å². The van der Waals surface area contributed by atoms with Crippen LogP contribution in [-0.4, -0.2) is 16.3 Å². The second-order valence-corrected chi connectivity index (χ2v) is 11.0. The zero-order valence-corrected chi connectivity index (χ0v) is 20.5. The number of nitrogens with one attached hydrogen (secondary N) is 2. The third-order valence-electron chi connectivity index (χ3n) is 5.48. The van der Waals surface area contributed by atoms with Gasteiger partial charge in [0.15, 0.2) is 0 Å². The van der Waals surface area contributed by atoms with Crippen molar-refractivity contribution in [2.24, 2.45) is 11.8 Å². The van der Waals surface area contributed by atoms with E-state index in [-0.39, 0.29) is 0 Å². The monoisotopic (exact) mass is 440 g/mol. The lowest BCUT2D eigenvalue weighted by Gasteiger charge is -2.25. The summed E-state index contributed by atoms with van der Waals surface area (Å²) in [6, 6.07) is 17.5. The number of hydrogen-bond donors (Lipinski definition) is 3. The van der Waals surface area contributed by atoms with Gasteiger partial charge in [0.25, 0.3) is 0 Å². The first-order valence-electron chi connectivity index (χ1n) is 11.5. The minimum Gasteiger partial charge on any atom is -0.283 e. The molecule has 1 aliphatic carbocycles. The number of amidine groups is 1. The van der Waals surface area contributed by atoms with E-state index in [0.29, 0.717) is 10.6 Å². The molecule has 2 aromatic carbocycles. The van der Waals surface area contributed by atoms with Gasteiger partial charge in [-0.25, -0.2) is 5.01 Å². The van der Waals surface area contributed by atoms with Gasteiger partial charge in [0.2, 0.25) is 0 Å². The Balaban J connectivity index is 0.000000245. The molecule has 4 N–H and O–H groups in total. The summed E-state index contributed by atoms with van der Waals surface area (Å²) in [6.07, 6.45) is 8.42. The maximum absolute atomic E-state index is 8.24. The second kappa shape index (κ2) is 12.9. The summed E-state index contributed by atoms with van der Waals surface area (Å²) < 4.78 is 0.470. The number of nitrogens with zero attached hydrogens (tertiary/aromatic N) is 1. The quantitative estimate of drug-likeness (QED) is 0.206. The Morgan fingerprint density at radius 3 is 2.16 bits per heavy atom. The maximum atomic E-state index is 8.24. The van der Waals surface area contributed by atoms with Crippen molar-refractivity contribution in [3.05, 3.63) is 65.7 Å². The number of rotatable bonds is 6. The summed E-state index contributed by atoms with van der Waals surface area (Å²) in [4.78, 5) is 0. The number of para-hydroxylation sites is 1. The number of nitrogens with two attached hydrogens (primary N) is 1. The van der Waals surface area contributed by atoms with Crippen molar-refractivity contribution in [2.45, 2.75) is 71.0 Å². The van der Waals surface area contributed by atoms with Gasteiger partial charge in [-0.15, -0.1) is 0 Å². The van der Waals surface area contributed by atoms with E-state index in [1.807, 2.05) is 54.6 Å². The molecule has 0 unspecified atom stereocenters. The Bertz CT molecular complexity index is 762. The van der Waals surface area contributed by atoms with E-state index in [0.717, 1.165) is 23.6 Å². The first kappa shape index (κ1) is 25.4. The fourth-order valence-corrected chi connectivity index (χ4v) is 4.66. The molecular formula is C26H40N4S. The lowest BCUT2D eigenvalue weighted by molar-refractivity contribution is 0.390. The van der Waals surface area contributed by atoms with Gasteiger partial charge in [0, 0.05) is 10.3 Å². The Kier molecular flexibility index (Phi) is 10.6. The molecule has 0 saturated heterocycles. The van der Waals surface area contributed by atoms with Crippen LogP contribution in [-0.2, 0) is 6.42 Å². The molecule has 4 nitrogen and oxygen atoms in total. The fourth-order valence-electron chi connectivity index (χ4n) is 3.59. The second-order valence-electron chi connectivity index (χ2n) is 9.13. The molecule has 1 fully saturated rings. The average molecular weight is 441 g/mol. The Labute approximate surface area is 193 Å². The lowest BCUT2D eigenvalue weighted by Crippen LogP contribution is -2.47. The van der Waals surface area contributed by atoms with Crippen molar-refractivity contribution in [1.29, 1.82) is 5.41 Å². The molecule has 0 aromatic heterocycles. The van der Waals surface area contributed by atoms with Crippen LogP contribution in [0.1, 0.15) is 70.9 Å². The van der Waals surface area contributed by atoms with Crippen molar-refractivity contribution >= 4 is 23.3 Å². The van der Waals surface area contributed by atoms with Crippen molar-refractivity contribution in [3.8, 4) is 0 Å². The van der Waals surface area contributed by atoms with Crippen LogP contribution in [0.15, 0.2) is 54.6 Å². The third kappa shape index (κ3) is 9.06. The highest BCUT2D eigenvalue weighted by Crippen LogP contribution is 2.31. The van der Waals surface area contributed by atoms with Crippen LogP contribution in [0.2, 0.25) is 0 Å². The minimum atomic E-state index is 0.316. The van der Waals surface area contributed by atoms with Crippen LogP contribution in [0.4, 0.5) is 5.69 Å². The van der Waals surface area contributed by atoms with E-state index in [9.17, 15) is 0 Å². The Hall–Kier alpha value is -1.82. The van der Waals surface area contributed by atoms with Gasteiger partial charge in [-0.2, -0.15) is 17.3 Å². The van der Waals surface area contributed by atoms with E-state index >= 15 is 0 Å². The molecule has 0 radical (unpaired) electrons. The standard InChI is InChI=1S/C15H18N4.C11H22S/c1-2-12-8-10-13(11-9-12)15(16)19(18-17)14-6-4-3-5-7-14;1-11(2,3)12-9-10-7-5-4-6-8-10/h3-11,16,18H,2,17H2,1H3;10H,4-9H2,1-3H3. The predicted molar refractivity (Wildman–Crippen MR) is 138 cm³/mol. The van der Waals surface area contributed by atoms with E-state index in [2.05, 4.69) is 45.0 Å². The van der Waals surface area contributed by atoms with Gasteiger partial charge < -0.3 is 0 Å². The number of hydrogen-bond acceptors (Lipinski definition) is 4. The van der Waals surface area contributed by atoms with E-state index < -0.39 is 0 Å². The normalized spacial score (nSPS) is 14.5. The summed E-state index contributed by atoms with van der Waals surface area (Å²) >= 11 is 2.14. The third-order valence-corrected chi connectivity index (χ3v) is 6.98. The molecule has 0 atom stereocenters. The average Bonchev–Trinajstić information content (AvgIpc) is 2.79. The van der Waals surface area contributed by atoms with Crippen molar-refractivity contribution in [3.63, 3.8) is 0 Å². The van der Waals surface area contributed by atoms with Crippen LogP contribution in [0.3, 0.4) is 0 Å². The summed E-state index contributed by atoms with van der Waals surface area (Å²) in [5.41, 5.74) is 5.45. The smallest absolute Gasteiger partial charge is 0.148 e.